The zero-order valence-electron chi connectivity index (χ0n) is 12.0. The lowest BCUT2D eigenvalue weighted by Crippen LogP contribution is -2.19. The number of hydrogen-bond acceptors (Lipinski definition) is 5. The van der Waals surface area contributed by atoms with E-state index >= 15 is 0 Å². The molecule has 0 atom stereocenters. The molecule has 1 heterocycles. The Balaban J connectivity index is 2.18. The van der Waals surface area contributed by atoms with Gasteiger partial charge in [0.25, 0.3) is 5.91 Å². The standard InChI is InChI=1S/C14H16N4O3/c1-8(12-7-15-18(3)9(12)2)16-17-14(21)11-6-10(19)4-5-13(11)20/h4-7,19-20H,1-3H3,(H,17,21). The lowest BCUT2D eigenvalue weighted by atomic mass is 10.2. The molecular weight excluding hydrogens is 272 g/mol. The topological polar surface area (TPSA) is 99.7 Å². The first-order chi connectivity index (χ1) is 9.90. The van der Waals surface area contributed by atoms with Crippen molar-refractivity contribution in [1.29, 1.82) is 0 Å². The Labute approximate surface area is 121 Å². The monoisotopic (exact) mass is 288 g/mol. The van der Waals surface area contributed by atoms with E-state index in [1.807, 2.05) is 14.0 Å². The van der Waals surface area contributed by atoms with Gasteiger partial charge in [-0.2, -0.15) is 10.2 Å². The van der Waals surface area contributed by atoms with Gasteiger partial charge < -0.3 is 10.2 Å². The van der Waals surface area contributed by atoms with E-state index in [9.17, 15) is 15.0 Å². The molecule has 0 aliphatic carbocycles. The highest BCUT2D eigenvalue weighted by atomic mass is 16.3. The van der Waals surface area contributed by atoms with E-state index in [-0.39, 0.29) is 17.1 Å². The molecule has 1 aromatic heterocycles. The second-order valence-electron chi connectivity index (χ2n) is 4.61. The fourth-order valence-electron chi connectivity index (χ4n) is 1.81. The van der Waals surface area contributed by atoms with Gasteiger partial charge in [0.1, 0.15) is 11.5 Å². The Morgan fingerprint density at radius 2 is 2.05 bits per heavy atom. The number of phenolic OH excluding ortho intramolecular Hbond substituents is 2. The molecule has 110 valence electrons. The van der Waals surface area contributed by atoms with Gasteiger partial charge in [-0.3, -0.25) is 9.48 Å². The van der Waals surface area contributed by atoms with Crippen LogP contribution in [0.1, 0.15) is 28.5 Å². The van der Waals surface area contributed by atoms with Crippen LogP contribution in [-0.4, -0.2) is 31.6 Å². The first-order valence-electron chi connectivity index (χ1n) is 6.25. The molecule has 0 aliphatic heterocycles. The fourth-order valence-corrected chi connectivity index (χ4v) is 1.81. The predicted molar refractivity (Wildman–Crippen MR) is 77.4 cm³/mol. The molecule has 0 radical (unpaired) electrons. The van der Waals surface area contributed by atoms with Crippen molar-refractivity contribution >= 4 is 11.6 Å². The highest BCUT2D eigenvalue weighted by Crippen LogP contribution is 2.21. The number of phenols is 2. The Bertz CT molecular complexity index is 719. The van der Waals surface area contributed by atoms with E-state index in [1.165, 1.54) is 18.2 Å². The van der Waals surface area contributed by atoms with E-state index in [1.54, 1.807) is 17.8 Å². The summed E-state index contributed by atoms with van der Waals surface area (Å²) in [5.74, 6) is -0.943. The smallest absolute Gasteiger partial charge is 0.275 e. The van der Waals surface area contributed by atoms with Crippen LogP contribution in [0.3, 0.4) is 0 Å². The minimum atomic E-state index is -0.607. The van der Waals surface area contributed by atoms with Crippen molar-refractivity contribution < 1.29 is 15.0 Å². The van der Waals surface area contributed by atoms with Gasteiger partial charge in [-0.1, -0.05) is 0 Å². The van der Waals surface area contributed by atoms with Gasteiger partial charge in [-0.05, 0) is 32.0 Å². The van der Waals surface area contributed by atoms with Crippen molar-refractivity contribution in [3.63, 3.8) is 0 Å². The average Bonchev–Trinajstić information content (AvgIpc) is 2.78. The molecule has 1 aromatic carbocycles. The van der Waals surface area contributed by atoms with Crippen LogP contribution in [-0.2, 0) is 7.05 Å². The number of aromatic nitrogens is 2. The van der Waals surface area contributed by atoms with Crippen LogP contribution in [0.2, 0.25) is 0 Å². The number of hydrogen-bond donors (Lipinski definition) is 3. The third-order valence-electron chi connectivity index (χ3n) is 3.17. The highest BCUT2D eigenvalue weighted by molar-refractivity contribution is 6.02. The molecule has 0 spiro atoms. The molecule has 0 fully saturated rings. The second kappa shape index (κ2) is 5.66. The summed E-state index contributed by atoms with van der Waals surface area (Å²) in [6.45, 7) is 3.64. The normalized spacial score (nSPS) is 11.5. The van der Waals surface area contributed by atoms with Gasteiger partial charge >= 0.3 is 0 Å². The van der Waals surface area contributed by atoms with Crippen molar-refractivity contribution in [2.75, 3.05) is 0 Å². The molecule has 21 heavy (non-hydrogen) atoms. The number of nitrogens with zero attached hydrogens (tertiary/aromatic N) is 3. The molecule has 7 heteroatoms. The number of benzene rings is 1. The number of aromatic hydroxyl groups is 2. The zero-order valence-corrected chi connectivity index (χ0v) is 12.0. The van der Waals surface area contributed by atoms with E-state index in [4.69, 9.17) is 0 Å². The fraction of sp³-hybridized carbons (Fsp3) is 0.214. The Morgan fingerprint density at radius 1 is 1.33 bits per heavy atom. The molecule has 2 rings (SSSR count). The maximum atomic E-state index is 11.9. The molecule has 0 unspecified atom stereocenters. The first-order valence-corrected chi connectivity index (χ1v) is 6.25. The van der Waals surface area contributed by atoms with Crippen LogP contribution in [0.4, 0.5) is 0 Å². The summed E-state index contributed by atoms with van der Waals surface area (Å²) >= 11 is 0. The maximum Gasteiger partial charge on any atom is 0.275 e. The summed E-state index contributed by atoms with van der Waals surface area (Å²) in [5, 5.41) is 27.0. The van der Waals surface area contributed by atoms with Crippen molar-refractivity contribution in [2.24, 2.45) is 12.1 Å². The summed E-state index contributed by atoms with van der Waals surface area (Å²) in [7, 11) is 1.81. The van der Waals surface area contributed by atoms with Gasteiger partial charge in [0.05, 0.1) is 17.5 Å². The SMILES string of the molecule is CC(=NNC(=O)c1cc(O)ccc1O)c1cnn(C)c1C. The number of nitrogens with one attached hydrogen (secondary N) is 1. The maximum absolute atomic E-state index is 11.9. The van der Waals surface area contributed by atoms with E-state index in [0.717, 1.165) is 11.3 Å². The van der Waals surface area contributed by atoms with Crippen LogP contribution < -0.4 is 5.43 Å². The molecule has 3 N–H and O–H groups in total. The third-order valence-corrected chi connectivity index (χ3v) is 3.17. The molecule has 1 amide bonds. The minimum Gasteiger partial charge on any atom is -0.508 e. The van der Waals surface area contributed by atoms with Crippen molar-refractivity contribution in [2.45, 2.75) is 13.8 Å². The highest BCUT2D eigenvalue weighted by Gasteiger charge is 2.12. The number of hydrazone groups is 1. The molecule has 2 aromatic rings. The summed E-state index contributed by atoms with van der Waals surface area (Å²) in [5.41, 5.74) is 4.63. The van der Waals surface area contributed by atoms with Crippen LogP contribution in [0.5, 0.6) is 11.5 Å². The molecule has 0 aliphatic rings. The number of carbonyl (C=O) groups is 1. The summed E-state index contributed by atoms with van der Waals surface area (Å²) < 4.78 is 1.71. The van der Waals surface area contributed by atoms with Crippen LogP contribution in [0, 0.1) is 6.92 Å². The Hall–Kier alpha value is -2.83. The number of rotatable bonds is 3. The van der Waals surface area contributed by atoms with Crippen molar-refractivity contribution in [3.05, 3.63) is 41.2 Å². The number of amides is 1. The van der Waals surface area contributed by atoms with Gasteiger partial charge in [-0.25, -0.2) is 5.43 Å². The summed E-state index contributed by atoms with van der Waals surface area (Å²) in [6.07, 6.45) is 1.66. The van der Waals surface area contributed by atoms with E-state index in [2.05, 4.69) is 15.6 Å². The van der Waals surface area contributed by atoms with Crippen LogP contribution in [0.15, 0.2) is 29.5 Å². The van der Waals surface area contributed by atoms with E-state index < -0.39 is 5.91 Å². The zero-order chi connectivity index (χ0) is 15.6. The predicted octanol–water partition coefficient (Wildman–Crippen LogP) is 1.29. The molecule has 0 saturated heterocycles. The molecular formula is C14H16N4O3. The third kappa shape index (κ3) is 3.02. The van der Waals surface area contributed by atoms with Gasteiger partial charge in [-0.15, -0.1) is 0 Å². The molecule has 0 saturated carbocycles. The van der Waals surface area contributed by atoms with Crippen molar-refractivity contribution in [1.82, 2.24) is 15.2 Å². The van der Waals surface area contributed by atoms with Crippen molar-refractivity contribution in [3.8, 4) is 11.5 Å². The summed E-state index contributed by atoms with van der Waals surface area (Å²) in [6, 6.07) is 3.70. The quantitative estimate of drug-likeness (QED) is 0.450. The average molecular weight is 288 g/mol. The number of carbonyl (C=O) groups excluding carboxylic acids is 1. The largest absolute Gasteiger partial charge is 0.508 e. The van der Waals surface area contributed by atoms with Crippen LogP contribution in [0.25, 0.3) is 0 Å². The summed E-state index contributed by atoms with van der Waals surface area (Å²) in [4.78, 5) is 11.9. The van der Waals surface area contributed by atoms with Gasteiger partial charge in [0, 0.05) is 18.3 Å². The Morgan fingerprint density at radius 3 is 2.67 bits per heavy atom. The van der Waals surface area contributed by atoms with Gasteiger partial charge in [0.2, 0.25) is 0 Å². The molecule has 7 nitrogen and oxygen atoms in total. The lowest BCUT2D eigenvalue weighted by molar-refractivity contribution is 0.0951. The Kier molecular flexibility index (Phi) is 3.93. The lowest BCUT2D eigenvalue weighted by Gasteiger charge is -2.05. The van der Waals surface area contributed by atoms with Gasteiger partial charge in [0.15, 0.2) is 0 Å². The second-order valence-corrected chi connectivity index (χ2v) is 4.61. The first kappa shape index (κ1) is 14.6. The molecule has 0 bridgehead atoms. The number of aryl methyl sites for hydroxylation is 1. The van der Waals surface area contributed by atoms with E-state index in [0.29, 0.717) is 5.71 Å². The minimum absolute atomic E-state index is 0.0468. The van der Waals surface area contributed by atoms with Crippen LogP contribution >= 0.6 is 0 Å².